The minimum Gasteiger partial charge on any atom is -0.461 e. The summed E-state index contributed by atoms with van der Waals surface area (Å²) in [4.78, 5) is 23.1. The van der Waals surface area contributed by atoms with E-state index in [4.69, 9.17) is 8.83 Å². The number of Topliss-reactive ketones (excluding diaryl/α,β-unsaturated/α-hetero) is 2. The highest BCUT2D eigenvalue weighted by Crippen LogP contribution is 2.12. The van der Waals surface area contributed by atoms with Crippen LogP contribution in [-0.4, -0.2) is 11.6 Å². The molecule has 2 aromatic rings. The van der Waals surface area contributed by atoms with Gasteiger partial charge in [-0.3, -0.25) is 9.59 Å². The molecule has 0 N–H and O–H groups in total. The van der Waals surface area contributed by atoms with Crippen molar-refractivity contribution in [2.75, 3.05) is 0 Å². The summed E-state index contributed by atoms with van der Waals surface area (Å²) in [6.07, 6.45) is 1.16. The first-order chi connectivity index (χ1) is 7.66. The third-order valence-electron chi connectivity index (χ3n) is 2.13. The van der Waals surface area contributed by atoms with Gasteiger partial charge in [-0.1, -0.05) is 0 Å². The van der Waals surface area contributed by atoms with E-state index in [2.05, 4.69) is 0 Å². The molecule has 0 unspecified atom stereocenters. The third kappa shape index (κ3) is 2.11. The van der Waals surface area contributed by atoms with Crippen molar-refractivity contribution in [1.29, 1.82) is 0 Å². The fraction of sp³-hybridized carbons (Fsp3) is 0.167. The quantitative estimate of drug-likeness (QED) is 0.584. The molecule has 4 heteroatoms. The second kappa shape index (κ2) is 4.18. The van der Waals surface area contributed by atoms with Crippen molar-refractivity contribution in [3.8, 4) is 0 Å². The van der Waals surface area contributed by atoms with Gasteiger partial charge in [-0.05, 0) is 31.2 Å². The molecule has 0 aliphatic carbocycles. The number of aryl methyl sites for hydroxylation is 1. The third-order valence-corrected chi connectivity index (χ3v) is 2.13. The Kier molecular flexibility index (Phi) is 2.72. The van der Waals surface area contributed by atoms with Gasteiger partial charge in [0.05, 0.1) is 12.7 Å². The van der Waals surface area contributed by atoms with Gasteiger partial charge in [0.2, 0.25) is 11.6 Å². The number of ketones is 2. The number of carbonyl (C=O) groups excluding carboxylic acids is 2. The van der Waals surface area contributed by atoms with Crippen molar-refractivity contribution in [1.82, 2.24) is 0 Å². The molecule has 2 aromatic heterocycles. The Morgan fingerprint density at radius 1 is 1.12 bits per heavy atom. The monoisotopic (exact) mass is 218 g/mol. The van der Waals surface area contributed by atoms with Crippen LogP contribution < -0.4 is 0 Å². The van der Waals surface area contributed by atoms with Crippen LogP contribution in [0.5, 0.6) is 0 Å². The van der Waals surface area contributed by atoms with E-state index >= 15 is 0 Å². The molecule has 0 aliphatic rings. The molecular weight excluding hydrogens is 208 g/mol. The summed E-state index contributed by atoms with van der Waals surface area (Å²) in [7, 11) is 0. The molecule has 0 atom stereocenters. The van der Waals surface area contributed by atoms with Crippen molar-refractivity contribution in [3.05, 3.63) is 47.8 Å². The zero-order valence-corrected chi connectivity index (χ0v) is 8.73. The Hall–Kier alpha value is -2.10. The number of rotatable bonds is 4. The Morgan fingerprint density at radius 2 is 1.88 bits per heavy atom. The summed E-state index contributed by atoms with van der Waals surface area (Å²) < 4.78 is 10.0. The van der Waals surface area contributed by atoms with E-state index in [0.29, 0.717) is 5.76 Å². The molecule has 2 rings (SSSR count). The second-order valence-corrected chi connectivity index (χ2v) is 3.41. The van der Waals surface area contributed by atoms with E-state index in [0.717, 1.165) is 0 Å². The Balaban J connectivity index is 2.06. The SMILES string of the molecule is Cc1ccc(C(=O)CC(=O)c2ccco2)o1. The Morgan fingerprint density at radius 3 is 2.44 bits per heavy atom. The summed E-state index contributed by atoms with van der Waals surface area (Å²) in [6, 6.07) is 6.38. The molecule has 0 aromatic carbocycles. The standard InChI is InChI=1S/C12H10O4/c1-8-4-5-12(16-8)10(14)7-9(13)11-3-2-6-15-11/h2-6H,7H2,1H3. The van der Waals surface area contributed by atoms with E-state index in [1.165, 1.54) is 12.3 Å². The molecule has 0 fully saturated rings. The second-order valence-electron chi connectivity index (χ2n) is 3.41. The number of furan rings is 2. The highest BCUT2D eigenvalue weighted by Gasteiger charge is 2.17. The molecule has 0 aliphatic heterocycles. The lowest BCUT2D eigenvalue weighted by atomic mass is 10.1. The van der Waals surface area contributed by atoms with E-state index in [1.807, 2.05) is 0 Å². The van der Waals surface area contributed by atoms with Gasteiger partial charge >= 0.3 is 0 Å². The molecule has 0 bridgehead atoms. The lowest BCUT2D eigenvalue weighted by Crippen LogP contribution is -2.06. The van der Waals surface area contributed by atoms with Crippen LogP contribution >= 0.6 is 0 Å². The van der Waals surface area contributed by atoms with E-state index in [1.54, 1.807) is 25.1 Å². The zero-order valence-electron chi connectivity index (χ0n) is 8.73. The average molecular weight is 218 g/mol. The van der Waals surface area contributed by atoms with Gasteiger partial charge in [0.1, 0.15) is 5.76 Å². The summed E-state index contributed by atoms with van der Waals surface area (Å²) in [5.41, 5.74) is 0. The average Bonchev–Trinajstić information content (AvgIpc) is 2.87. The minimum absolute atomic E-state index is 0.191. The topological polar surface area (TPSA) is 60.4 Å². The van der Waals surface area contributed by atoms with Crippen LogP contribution in [0.2, 0.25) is 0 Å². The summed E-state index contributed by atoms with van der Waals surface area (Å²) in [5.74, 6) is 0.362. The first kappa shape index (κ1) is 10.4. The number of carbonyl (C=O) groups is 2. The normalized spacial score (nSPS) is 10.3. The highest BCUT2D eigenvalue weighted by molar-refractivity contribution is 6.11. The maximum absolute atomic E-state index is 11.6. The molecule has 0 spiro atoms. The minimum atomic E-state index is -0.343. The van der Waals surface area contributed by atoms with Gasteiger partial charge in [-0.2, -0.15) is 0 Å². The van der Waals surface area contributed by atoms with Crippen LogP contribution in [-0.2, 0) is 0 Å². The molecule has 0 radical (unpaired) electrons. The van der Waals surface area contributed by atoms with E-state index in [-0.39, 0.29) is 29.5 Å². The molecule has 16 heavy (non-hydrogen) atoms. The van der Waals surface area contributed by atoms with Crippen LogP contribution in [0, 0.1) is 6.92 Å². The van der Waals surface area contributed by atoms with Gasteiger partial charge in [0.15, 0.2) is 11.5 Å². The molecular formula is C12H10O4. The smallest absolute Gasteiger partial charge is 0.205 e. The van der Waals surface area contributed by atoms with Gasteiger partial charge < -0.3 is 8.83 Å². The van der Waals surface area contributed by atoms with Crippen LogP contribution in [0.3, 0.4) is 0 Å². The highest BCUT2D eigenvalue weighted by atomic mass is 16.3. The van der Waals surface area contributed by atoms with Crippen molar-refractivity contribution >= 4 is 11.6 Å². The largest absolute Gasteiger partial charge is 0.461 e. The first-order valence-corrected chi connectivity index (χ1v) is 4.83. The Labute approximate surface area is 91.9 Å². The summed E-state index contributed by atoms with van der Waals surface area (Å²) in [5, 5.41) is 0. The predicted octanol–water partition coefficient (Wildman–Crippen LogP) is 2.64. The van der Waals surface area contributed by atoms with Crippen LogP contribution in [0.4, 0.5) is 0 Å². The molecule has 0 saturated carbocycles. The molecule has 0 amide bonds. The predicted molar refractivity (Wildman–Crippen MR) is 55.4 cm³/mol. The van der Waals surface area contributed by atoms with Crippen LogP contribution in [0.25, 0.3) is 0 Å². The fourth-order valence-corrected chi connectivity index (χ4v) is 1.34. The fourth-order valence-electron chi connectivity index (χ4n) is 1.34. The van der Waals surface area contributed by atoms with Crippen molar-refractivity contribution in [2.24, 2.45) is 0 Å². The van der Waals surface area contributed by atoms with Crippen molar-refractivity contribution in [3.63, 3.8) is 0 Å². The van der Waals surface area contributed by atoms with E-state index < -0.39 is 0 Å². The van der Waals surface area contributed by atoms with Crippen molar-refractivity contribution < 1.29 is 18.4 Å². The number of hydrogen-bond acceptors (Lipinski definition) is 4. The maximum Gasteiger partial charge on any atom is 0.205 e. The first-order valence-electron chi connectivity index (χ1n) is 4.83. The van der Waals surface area contributed by atoms with Gasteiger partial charge in [0, 0.05) is 0 Å². The molecule has 4 nitrogen and oxygen atoms in total. The summed E-state index contributed by atoms with van der Waals surface area (Å²) in [6.45, 7) is 1.74. The Bertz CT molecular complexity index is 505. The maximum atomic E-state index is 11.6. The van der Waals surface area contributed by atoms with Crippen molar-refractivity contribution in [2.45, 2.75) is 13.3 Å². The molecule has 2 heterocycles. The summed E-state index contributed by atoms with van der Waals surface area (Å²) >= 11 is 0. The van der Waals surface area contributed by atoms with E-state index in [9.17, 15) is 9.59 Å². The lowest BCUT2D eigenvalue weighted by Gasteiger charge is -1.94. The van der Waals surface area contributed by atoms with Gasteiger partial charge in [0.25, 0.3) is 0 Å². The lowest BCUT2D eigenvalue weighted by molar-refractivity contribution is 0.0862. The van der Waals surface area contributed by atoms with Crippen LogP contribution in [0.1, 0.15) is 33.3 Å². The van der Waals surface area contributed by atoms with Gasteiger partial charge in [-0.15, -0.1) is 0 Å². The van der Waals surface area contributed by atoms with Crippen LogP contribution in [0.15, 0.2) is 39.4 Å². The zero-order chi connectivity index (χ0) is 11.5. The molecule has 82 valence electrons. The molecule has 0 saturated heterocycles. The van der Waals surface area contributed by atoms with Gasteiger partial charge in [-0.25, -0.2) is 0 Å². The number of hydrogen-bond donors (Lipinski definition) is 0.